The van der Waals surface area contributed by atoms with Gasteiger partial charge in [-0.1, -0.05) is 42.0 Å². The van der Waals surface area contributed by atoms with Crippen LogP contribution >= 0.6 is 0 Å². The van der Waals surface area contributed by atoms with Crippen LogP contribution in [0.25, 0.3) is 10.9 Å². The molecule has 1 fully saturated rings. The lowest BCUT2D eigenvalue weighted by atomic mass is 10.1. The second-order valence-corrected chi connectivity index (χ2v) is 8.84. The van der Waals surface area contributed by atoms with E-state index in [0.29, 0.717) is 6.54 Å². The number of aryl methyl sites for hydroxylation is 3. The average Bonchev–Trinajstić information content (AvgIpc) is 3.32. The second-order valence-electron chi connectivity index (χ2n) is 8.84. The number of fused-ring (bicyclic) bond motifs is 1. The van der Waals surface area contributed by atoms with Gasteiger partial charge >= 0.3 is 0 Å². The normalized spacial score (nSPS) is 17.8. The topological polar surface area (TPSA) is 47.2 Å². The monoisotopic (exact) mass is 412 g/mol. The van der Waals surface area contributed by atoms with Gasteiger partial charge in [-0.3, -0.25) is 4.79 Å². The molecule has 31 heavy (non-hydrogen) atoms. The Morgan fingerprint density at radius 1 is 1.10 bits per heavy atom. The molecule has 4 aromatic rings. The SMILES string of the molecule is Cc1ccc(C)c(Cn2cc([C@H]3C[C@@H]3C(=O)NCc3ccc(C)o3)c3ccccc32)c1. The summed E-state index contributed by atoms with van der Waals surface area (Å²) in [4.78, 5) is 12.7. The van der Waals surface area contributed by atoms with Crippen molar-refractivity contribution < 1.29 is 9.21 Å². The first kappa shape index (κ1) is 19.7. The van der Waals surface area contributed by atoms with Crippen LogP contribution in [-0.2, 0) is 17.9 Å². The van der Waals surface area contributed by atoms with Crippen molar-refractivity contribution in [2.75, 3.05) is 0 Å². The van der Waals surface area contributed by atoms with Gasteiger partial charge in [-0.05, 0) is 68.0 Å². The van der Waals surface area contributed by atoms with Gasteiger partial charge in [0.25, 0.3) is 0 Å². The van der Waals surface area contributed by atoms with E-state index in [4.69, 9.17) is 4.42 Å². The highest BCUT2D eigenvalue weighted by Gasteiger charge is 2.45. The molecule has 2 aromatic carbocycles. The van der Waals surface area contributed by atoms with E-state index in [9.17, 15) is 4.79 Å². The van der Waals surface area contributed by atoms with Crippen molar-refractivity contribution in [1.82, 2.24) is 9.88 Å². The predicted octanol–water partition coefficient (Wildman–Crippen LogP) is 5.63. The molecule has 4 heteroatoms. The fraction of sp³-hybridized carbons (Fsp3) is 0.296. The van der Waals surface area contributed by atoms with Gasteiger partial charge in [0.15, 0.2) is 0 Å². The van der Waals surface area contributed by atoms with Crippen molar-refractivity contribution in [2.24, 2.45) is 5.92 Å². The van der Waals surface area contributed by atoms with Crippen molar-refractivity contribution in [3.63, 3.8) is 0 Å². The molecule has 158 valence electrons. The molecule has 2 aromatic heterocycles. The lowest BCUT2D eigenvalue weighted by Crippen LogP contribution is -2.24. The zero-order chi connectivity index (χ0) is 21.5. The van der Waals surface area contributed by atoms with E-state index >= 15 is 0 Å². The number of carbonyl (C=O) groups is 1. The molecule has 1 aliphatic carbocycles. The van der Waals surface area contributed by atoms with Gasteiger partial charge in [0, 0.05) is 29.6 Å². The third-order valence-electron chi connectivity index (χ3n) is 6.42. The highest BCUT2D eigenvalue weighted by molar-refractivity contribution is 5.89. The van der Waals surface area contributed by atoms with Gasteiger partial charge in [0.2, 0.25) is 5.91 Å². The summed E-state index contributed by atoms with van der Waals surface area (Å²) < 4.78 is 7.90. The Kier molecular flexibility index (Phi) is 4.93. The quantitative estimate of drug-likeness (QED) is 0.446. The van der Waals surface area contributed by atoms with Crippen molar-refractivity contribution in [1.29, 1.82) is 0 Å². The minimum Gasteiger partial charge on any atom is -0.465 e. The minimum atomic E-state index is 0.0380. The van der Waals surface area contributed by atoms with E-state index in [1.165, 1.54) is 33.2 Å². The highest BCUT2D eigenvalue weighted by atomic mass is 16.3. The molecule has 5 rings (SSSR count). The van der Waals surface area contributed by atoms with Gasteiger partial charge in [-0.2, -0.15) is 0 Å². The van der Waals surface area contributed by atoms with E-state index in [1.807, 2.05) is 19.1 Å². The molecule has 1 saturated carbocycles. The Hall–Kier alpha value is -3.27. The van der Waals surface area contributed by atoms with Gasteiger partial charge in [0.05, 0.1) is 6.54 Å². The van der Waals surface area contributed by atoms with E-state index in [0.717, 1.165) is 24.5 Å². The van der Waals surface area contributed by atoms with Crippen molar-refractivity contribution in [2.45, 2.75) is 46.2 Å². The van der Waals surface area contributed by atoms with Crippen LogP contribution in [0, 0.1) is 26.7 Å². The molecule has 0 saturated heterocycles. The summed E-state index contributed by atoms with van der Waals surface area (Å²) in [5.74, 6) is 2.10. The molecule has 0 radical (unpaired) electrons. The zero-order valence-corrected chi connectivity index (χ0v) is 18.3. The lowest BCUT2D eigenvalue weighted by Gasteiger charge is -2.09. The predicted molar refractivity (Wildman–Crippen MR) is 123 cm³/mol. The van der Waals surface area contributed by atoms with Crippen molar-refractivity contribution in [3.05, 3.63) is 94.6 Å². The average molecular weight is 413 g/mol. The van der Waals surface area contributed by atoms with Gasteiger partial charge < -0.3 is 14.3 Å². The Bertz CT molecular complexity index is 1260. The number of carbonyl (C=O) groups excluding carboxylic acids is 1. The molecule has 1 N–H and O–H groups in total. The Morgan fingerprint density at radius 2 is 1.94 bits per heavy atom. The number of rotatable bonds is 6. The summed E-state index contributed by atoms with van der Waals surface area (Å²) >= 11 is 0. The first-order valence-corrected chi connectivity index (χ1v) is 11.0. The number of benzene rings is 2. The van der Waals surface area contributed by atoms with E-state index < -0.39 is 0 Å². The van der Waals surface area contributed by atoms with Crippen LogP contribution in [0.5, 0.6) is 0 Å². The Morgan fingerprint density at radius 3 is 2.74 bits per heavy atom. The molecule has 2 heterocycles. The third kappa shape index (κ3) is 3.90. The molecule has 4 nitrogen and oxygen atoms in total. The van der Waals surface area contributed by atoms with Gasteiger partial charge in [0.1, 0.15) is 11.5 Å². The number of furan rings is 1. The first-order chi connectivity index (χ1) is 15.0. The number of nitrogens with zero attached hydrogens (tertiary/aromatic N) is 1. The molecular weight excluding hydrogens is 384 g/mol. The molecule has 0 spiro atoms. The summed E-state index contributed by atoms with van der Waals surface area (Å²) in [6, 6.07) is 19.0. The molecule has 0 unspecified atom stereocenters. The number of para-hydroxylation sites is 1. The molecule has 2 atom stereocenters. The number of aromatic nitrogens is 1. The minimum absolute atomic E-state index is 0.0380. The zero-order valence-electron chi connectivity index (χ0n) is 18.3. The number of amides is 1. The molecule has 0 bridgehead atoms. The van der Waals surface area contributed by atoms with E-state index in [2.05, 4.69) is 72.4 Å². The standard InChI is InChI=1S/C27H28N2O2/c1-17-8-9-18(2)20(12-17)15-29-16-25(22-6-4-5-7-26(22)29)23-13-24(23)27(30)28-14-21-11-10-19(3)31-21/h4-12,16,23-24H,13-15H2,1-3H3,(H,28,30)/t23-,24-/m0/s1. The first-order valence-electron chi connectivity index (χ1n) is 11.0. The van der Waals surface area contributed by atoms with Crippen LogP contribution in [-0.4, -0.2) is 10.5 Å². The van der Waals surface area contributed by atoms with E-state index in [1.54, 1.807) is 0 Å². The van der Waals surface area contributed by atoms with Crippen LogP contribution < -0.4 is 5.32 Å². The van der Waals surface area contributed by atoms with Gasteiger partial charge in [-0.15, -0.1) is 0 Å². The van der Waals surface area contributed by atoms with Crippen molar-refractivity contribution >= 4 is 16.8 Å². The summed E-state index contributed by atoms with van der Waals surface area (Å²) in [6.07, 6.45) is 3.17. The van der Waals surface area contributed by atoms with Crippen LogP contribution in [0.15, 0.2) is 65.2 Å². The maximum atomic E-state index is 12.7. The lowest BCUT2D eigenvalue weighted by molar-refractivity contribution is -0.122. The number of nitrogens with one attached hydrogen (secondary N) is 1. The van der Waals surface area contributed by atoms with Crippen LogP contribution in [0.2, 0.25) is 0 Å². The Balaban J connectivity index is 1.36. The molecule has 1 amide bonds. The maximum absolute atomic E-state index is 12.7. The number of hydrogen-bond acceptors (Lipinski definition) is 2. The fourth-order valence-electron chi connectivity index (χ4n) is 4.57. The number of hydrogen-bond donors (Lipinski definition) is 1. The largest absolute Gasteiger partial charge is 0.465 e. The maximum Gasteiger partial charge on any atom is 0.224 e. The summed E-state index contributed by atoms with van der Waals surface area (Å²) in [7, 11) is 0. The highest BCUT2D eigenvalue weighted by Crippen LogP contribution is 2.50. The smallest absolute Gasteiger partial charge is 0.224 e. The van der Waals surface area contributed by atoms with Crippen molar-refractivity contribution in [3.8, 4) is 0 Å². The van der Waals surface area contributed by atoms with Gasteiger partial charge in [-0.25, -0.2) is 0 Å². The summed E-state index contributed by atoms with van der Waals surface area (Å²) in [5, 5.41) is 4.30. The van der Waals surface area contributed by atoms with Crippen LogP contribution in [0.4, 0.5) is 0 Å². The second kappa shape index (κ2) is 7.77. The van der Waals surface area contributed by atoms with E-state index in [-0.39, 0.29) is 17.7 Å². The van der Waals surface area contributed by atoms with Crippen LogP contribution in [0.3, 0.4) is 0 Å². The Labute approximate surface area is 182 Å². The third-order valence-corrected chi connectivity index (χ3v) is 6.42. The molecular formula is C27H28N2O2. The molecule has 0 aliphatic heterocycles. The molecule has 1 aliphatic rings. The van der Waals surface area contributed by atoms with Crippen LogP contribution in [0.1, 0.15) is 46.1 Å². The fourth-order valence-corrected chi connectivity index (χ4v) is 4.57. The summed E-state index contributed by atoms with van der Waals surface area (Å²) in [6.45, 7) is 7.51. The summed E-state index contributed by atoms with van der Waals surface area (Å²) in [5.41, 5.74) is 6.45.